The van der Waals surface area contributed by atoms with E-state index in [0.717, 1.165) is 37.3 Å². The highest BCUT2D eigenvalue weighted by molar-refractivity contribution is 7.90. The van der Waals surface area contributed by atoms with Crippen LogP contribution in [0.4, 0.5) is 0 Å². The van der Waals surface area contributed by atoms with Gasteiger partial charge in [0.15, 0.2) is 0 Å². The summed E-state index contributed by atoms with van der Waals surface area (Å²) < 4.78 is 29.7. The predicted molar refractivity (Wildman–Crippen MR) is 89.9 cm³/mol. The normalized spacial score (nSPS) is 17.2. The highest BCUT2D eigenvalue weighted by Gasteiger charge is 2.22. The molecule has 7 nitrogen and oxygen atoms in total. The summed E-state index contributed by atoms with van der Waals surface area (Å²) in [6.07, 6.45) is 5.66. The molecule has 3 rings (SSSR count). The van der Waals surface area contributed by atoms with Gasteiger partial charge in [-0.1, -0.05) is 6.08 Å². The number of aromatic nitrogens is 2. The summed E-state index contributed by atoms with van der Waals surface area (Å²) in [6.45, 7) is 3.06. The van der Waals surface area contributed by atoms with Crippen LogP contribution in [0.2, 0.25) is 0 Å². The van der Waals surface area contributed by atoms with Crippen LogP contribution in [-0.4, -0.2) is 53.3 Å². The number of hydrogen-bond donors (Lipinski definition) is 1. The molecular weight excluding hydrogens is 330 g/mol. The molecule has 24 heavy (non-hydrogen) atoms. The van der Waals surface area contributed by atoms with E-state index in [9.17, 15) is 13.5 Å². The van der Waals surface area contributed by atoms with E-state index >= 15 is 0 Å². The first-order valence-electron chi connectivity index (χ1n) is 7.75. The molecule has 8 heteroatoms. The third-order valence-corrected chi connectivity index (χ3v) is 4.81. The Kier molecular flexibility index (Phi) is 4.88. The summed E-state index contributed by atoms with van der Waals surface area (Å²) >= 11 is 0. The maximum Gasteiger partial charge on any atom is 0.150 e. The summed E-state index contributed by atoms with van der Waals surface area (Å²) in [5.41, 5.74) is 1.40. The Bertz CT molecular complexity index is 809. The maximum atomic E-state index is 11.3. The minimum absolute atomic E-state index is 0.306. The Balaban J connectivity index is 1.61. The van der Waals surface area contributed by atoms with Crippen molar-refractivity contribution in [2.24, 2.45) is 0 Å². The number of furan rings is 1. The number of rotatable bonds is 6. The fraction of sp³-hybridized carbons (Fsp3) is 0.438. The summed E-state index contributed by atoms with van der Waals surface area (Å²) in [7, 11) is -3.24. The number of sulfone groups is 1. The Hall–Kier alpha value is -1.90. The van der Waals surface area contributed by atoms with Gasteiger partial charge in [0.05, 0.1) is 29.9 Å². The largest absolute Gasteiger partial charge is 0.465 e. The molecule has 1 atom stereocenters. The van der Waals surface area contributed by atoms with Gasteiger partial charge in [-0.3, -0.25) is 9.58 Å². The van der Waals surface area contributed by atoms with Crippen molar-refractivity contribution in [1.82, 2.24) is 14.7 Å². The van der Waals surface area contributed by atoms with Gasteiger partial charge in [-0.2, -0.15) is 5.10 Å². The van der Waals surface area contributed by atoms with Crippen molar-refractivity contribution in [3.63, 3.8) is 0 Å². The molecule has 1 unspecified atom stereocenters. The van der Waals surface area contributed by atoms with Gasteiger partial charge in [0.25, 0.3) is 0 Å². The molecule has 0 fully saturated rings. The molecule has 0 bridgehead atoms. The SMILES string of the molecule is CS(=O)(=O)CC(O)c1cc2n(n1)CCN(C/C=C/c1ccco1)C2. The highest BCUT2D eigenvalue weighted by atomic mass is 32.2. The number of hydrogen-bond acceptors (Lipinski definition) is 6. The van der Waals surface area contributed by atoms with Crippen LogP contribution in [0.5, 0.6) is 0 Å². The van der Waals surface area contributed by atoms with Crippen LogP contribution in [0.15, 0.2) is 35.0 Å². The number of aliphatic hydroxyl groups is 1. The van der Waals surface area contributed by atoms with Crippen LogP contribution in [0.3, 0.4) is 0 Å². The van der Waals surface area contributed by atoms with Crippen LogP contribution in [0, 0.1) is 0 Å². The van der Waals surface area contributed by atoms with E-state index in [1.54, 1.807) is 12.3 Å². The first-order valence-corrected chi connectivity index (χ1v) is 9.81. The molecule has 0 saturated carbocycles. The maximum absolute atomic E-state index is 11.3. The van der Waals surface area contributed by atoms with Gasteiger partial charge in [0.2, 0.25) is 0 Å². The zero-order valence-corrected chi connectivity index (χ0v) is 14.3. The molecule has 0 saturated heterocycles. The number of nitrogens with zero attached hydrogens (tertiary/aromatic N) is 3. The molecule has 1 N–H and O–H groups in total. The van der Waals surface area contributed by atoms with Gasteiger partial charge in [-0.25, -0.2) is 8.42 Å². The van der Waals surface area contributed by atoms with Crippen LogP contribution in [-0.2, 0) is 22.9 Å². The molecule has 2 aromatic rings. The quantitative estimate of drug-likeness (QED) is 0.838. The summed E-state index contributed by atoms with van der Waals surface area (Å²) in [5.74, 6) is 0.516. The van der Waals surface area contributed by atoms with Gasteiger partial charge in [-0.05, 0) is 24.3 Å². The molecular formula is C16H21N3O4S. The van der Waals surface area contributed by atoms with Crippen molar-refractivity contribution in [1.29, 1.82) is 0 Å². The van der Waals surface area contributed by atoms with Gasteiger partial charge >= 0.3 is 0 Å². The molecule has 0 amide bonds. The number of aliphatic hydroxyl groups excluding tert-OH is 1. The average molecular weight is 351 g/mol. The molecule has 0 radical (unpaired) electrons. The van der Waals surface area contributed by atoms with Crippen molar-refractivity contribution in [3.8, 4) is 0 Å². The lowest BCUT2D eigenvalue weighted by atomic mass is 10.2. The predicted octanol–water partition coefficient (Wildman–Crippen LogP) is 1.08. The van der Waals surface area contributed by atoms with Crippen molar-refractivity contribution in [2.75, 3.05) is 25.1 Å². The van der Waals surface area contributed by atoms with Crippen molar-refractivity contribution >= 4 is 15.9 Å². The smallest absolute Gasteiger partial charge is 0.150 e. The monoisotopic (exact) mass is 351 g/mol. The zero-order chi connectivity index (χ0) is 17.2. The van der Waals surface area contributed by atoms with E-state index < -0.39 is 15.9 Å². The highest BCUT2D eigenvalue weighted by Crippen LogP contribution is 2.19. The zero-order valence-electron chi connectivity index (χ0n) is 13.5. The lowest BCUT2D eigenvalue weighted by molar-refractivity contribution is 0.194. The summed E-state index contributed by atoms with van der Waals surface area (Å²) in [5, 5.41) is 14.4. The second-order valence-corrected chi connectivity index (χ2v) is 8.23. The van der Waals surface area contributed by atoms with Crippen LogP contribution in [0.25, 0.3) is 6.08 Å². The summed E-state index contributed by atoms with van der Waals surface area (Å²) in [6, 6.07) is 5.54. The molecule has 3 heterocycles. The van der Waals surface area contributed by atoms with Crippen LogP contribution < -0.4 is 0 Å². The Morgan fingerprint density at radius 2 is 2.29 bits per heavy atom. The van der Waals surface area contributed by atoms with E-state index in [0.29, 0.717) is 12.2 Å². The summed E-state index contributed by atoms with van der Waals surface area (Å²) in [4.78, 5) is 2.25. The van der Waals surface area contributed by atoms with Gasteiger partial charge in [0.1, 0.15) is 21.7 Å². The van der Waals surface area contributed by atoms with E-state index in [1.807, 2.05) is 29.0 Å². The molecule has 1 aliphatic heterocycles. The van der Waals surface area contributed by atoms with Crippen LogP contribution >= 0.6 is 0 Å². The Labute approximate surface area is 141 Å². The molecule has 1 aliphatic rings. The van der Waals surface area contributed by atoms with E-state index in [4.69, 9.17) is 4.42 Å². The number of fused-ring (bicyclic) bond motifs is 1. The van der Waals surface area contributed by atoms with Crippen molar-refractivity contribution < 1.29 is 17.9 Å². The fourth-order valence-corrected chi connectivity index (χ4v) is 3.48. The molecule has 130 valence electrons. The Morgan fingerprint density at radius 3 is 3.00 bits per heavy atom. The lowest BCUT2D eigenvalue weighted by Crippen LogP contribution is -2.33. The first kappa shape index (κ1) is 16.9. The van der Waals surface area contributed by atoms with Gasteiger partial charge in [-0.15, -0.1) is 0 Å². The van der Waals surface area contributed by atoms with E-state index in [2.05, 4.69) is 10.00 Å². The second kappa shape index (κ2) is 6.92. The van der Waals surface area contributed by atoms with E-state index in [1.165, 1.54) is 0 Å². The van der Waals surface area contributed by atoms with Gasteiger partial charge in [0, 0.05) is 25.9 Å². The van der Waals surface area contributed by atoms with Crippen molar-refractivity contribution in [2.45, 2.75) is 19.2 Å². The van der Waals surface area contributed by atoms with Crippen LogP contribution in [0.1, 0.15) is 23.3 Å². The van der Waals surface area contributed by atoms with E-state index in [-0.39, 0.29) is 5.75 Å². The lowest BCUT2D eigenvalue weighted by Gasteiger charge is -2.26. The first-order chi connectivity index (χ1) is 11.4. The molecule has 0 spiro atoms. The van der Waals surface area contributed by atoms with Crippen molar-refractivity contribution in [3.05, 3.63) is 47.7 Å². The molecule has 0 aliphatic carbocycles. The topological polar surface area (TPSA) is 88.6 Å². The third-order valence-electron chi connectivity index (χ3n) is 3.89. The Morgan fingerprint density at radius 1 is 1.46 bits per heavy atom. The average Bonchev–Trinajstić information content (AvgIpc) is 3.13. The molecule has 2 aromatic heterocycles. The van der Waals surface area contributed by atoms with Gasteiger partial charge < -0.3 is 9.52 Å². The second-order valence-electron chi connectivity index (χ2n) is 6.04. The minimum Gasteiger partial charge on any atom is -0.465 e. The standard InChI is InChI=1S/C16H21N3O4S/c1-24(21,22)12-16(20)15-10-13-11-18(7-8-19(13)17-15)6-2-4-14-5-3-9-23-14/h2-5,9-10,16,20H,6-8,11-12H2,1H3/b4-2+. The third kappa shape index (κ3) is 4.34. The molecule has 0 aromatic carbocycles. The fourth-order valence-electron chi connectivity index (χ4n) is 2.74. The minimum atomic E-state index is -3.24.